The third kappa shape index (κ3) is 3.93. The Morgan fingerprint density at radius 3 is 1.58 bits per heavy atom. The molecule has 0 atom stereocenters. The minimum Gasteiger partial charge on any atom is -0.309 e. The zero-order valence-electron chi connectivity index (χ0n) is 27.9. The largest absolute Gasteiger partial charge is 0.309 e. The lowest BCUT2D eigenvalue weighted by atomic mass is 10.0. The lowest BCUT2D eigenvalue weighted by molar-refractivity contribution is 1.18. The Hall–Kier alpha value is -6.20. The number of nitrogens with zero attached hydrogens (tertiary/aromatic N) is 2. The quantitative estimate of drug-likeness (QED) is 0.174. The van der Waals surface area contributed by atoms with Crippen molar-refractivity contribution in [1.29, 1.82) is 0 Å². The van der Waals surface area contributed by atoms with E-state index in [0.29, 0.717) is 0 Å². The number of hydrogen-bond acceptors (Lipinski definition) is 2. The van der Waals surface area contributed by atoms with Gasteiger partial charge in [-0.25, -0.2) is 0 Å². The van der Waals surface area contributed by atoms with Gasteiger partial charge < -0.3 is 9.13 Å². The number of rotatable bonds is 3. The summed E-state index contributed by atoms with van der Waals surface area (Å²) < 4.78 is 10.3. The highest BCUT2D eigenvalue weighted by atomic mass is 32.1. The van der Waals surface area contributed by atoms with Gasteiger partial charge in [-0.05, 0) is 90.0 Å². The van der Waals surface area contributed by atoms with Crippen molar-refractivity contribution in [3.8, 4) is 22.5 Å². The van der Waals surface area contributed by atoms with E-state index >= 15 is 0 Å². The maximum atomic E-state index is 2.45. The molecule has 242 valence electrons. The second kappa shape index (κ2) is 10.7. The van der Waals surface area contributed by atoms with Crippen LogP contribution in [0.5, 0.6) is 0 Å². The van der Waals surface area contributed by atoms with Gasteiger partial charge in [0.2, 0.25) is 0 Å². The zero-order valence-corrected chi connectivity index (χ0v) is 29.5. The number of fused-ring (bicyclic) bond motifs is 13. The lowest BCUT2D eigenvalue weighted by Crippen LogP contribution is -1.93. The normalized spacial score (nSPS) is 12.2. The van der Waals surface area contributed by atoms with Crippen LogP contribution in [0.25, 0.3) is 106 Å². The number of para-hydroxylation sites is 3. The molecule has 0 saturated carbocycles. The van der Waals surface area contributed by atoms with Crippen molar-refractivity contribution in [3.05, 3.63) is 170 Å². The van der Waals surface area contributed by atoms with Crippen molar-refractivity contribution in [1.82, 2.24) is 9.13 Å². The first kappa shape index (κ1) is 28.5. The molecule has 2 nitrogen and oxygen atoms in total. The van der Waals surface area contributed by atoms with Crippen LogP contribution in [-0.2, 0) is 0 Å². The molecule has 12 rings (SSSR count). The summed E-state index contributed by atoms with van der Waals surface area (Å²) in [5.74, 6) is 0. The van der Waals surface area contributed by atoms with Gasteiger partial charge in [0.05, 0.1) is 22.1 Å². The first-order valence-corrected chi connectivity index (χ1v) is 19.3. The minimum absolute atomic E-state index is 1.18. The summed E-state index contributed by atoms with van der Waals surface area (Å²) in [6.07, 6.45) is 0. The first-order chi connectivity index (χ1) is 25.8. The number of benzene rings is 8. The van der Waals surface area contributed by atoms with E-state index in [1.165, 1.54) is 106 Å². The molecule has 0 saturated heterocycles. The monoisotopic (exact) mass is 696 g/mol. The summed E-state index contributed by atoms with van der Waals surface area (Å²) in [6, 6.07) is 62.7. The highest BCUT2D eigenvalue weighted by Gasteiger charge is 2.18. The van der Waals surface area contributed by atoms with Crippen LogP contribution < -0.4 is 0 Å². The van der Waals surface area contributed by atoms with Gasteiger partial charge in [0, 0.05) is 73.3 Å². The highest BCUT2D eigenvalue weighted by molar-refractivity contribution is 7.29. The van der Waals surface area contributed by atoms with Gasteiger partial charge in [-0.15, -0.1) is 22.7 Å². The molecule has 0 unspecified atom stereocenters. The lowest BCUT2D eigenvalue weighted by Gasteiger charge is -2.10. The van der Waals surface area contributed by atoms with Crippen LogP contribution in [0.3, 0.4) is 0 Å². The number of hydrogen-bond donors (Lipinski definition) is 0. The topological polar surface area (TPSA) is 9.86 Å². The molecule has 0 aliphatic heterocycles. The smallest absolute Gasteiger partial charge is 0.0541 e. The van der Waals surface area contributed by atoms with E-state index in [-0.39, 0.29) is 0 Å². The van der Waals surface area contributed by atoms with Crippen LogP contribution >= 0.6 is 22.7 Å². The maximum Gasteiger partial charge on any atom is 0.0541 e. The Kier molecular flexibility index (Phi) is 5.84. The van der Waals surface area contributed by atoms with Gasteiger partial charge in [0.1, 0.15) is 0 Å². The van der Waals surface area contributed by atoms with Crippen LogP contribution in [-0.4, -0.2) is 9.13 Å². The Bertz CT molecular complexity index is 3410. The van der Waals surface area contributed by atoms with Crippen molar-refractivity contribution in [2.24, 2.45) is 0 Å². The molecular formula is C48H28N2S2. The van der Waals surface area contributed by atoms with Gasteiger partial charge in [0.25, 0.3) is 0 Å². The highest BCUT2D eigenvalue weighted by Crippen LogP contribution is 2.45. The standard InChI is InChI=1S/C48H28N2S2/c1-2-10-31(11-3-1)49-40-15-7-4-12-33(40)37-26-29(18-22-42(37)49)30-19-23-43-38(27-30)34-13-5-8-16-41(34)50(43)32-20-24-45-39(28-32)35-21-25-46-47(48(35)52-45)36-14-6-9-17-44(36)51-46/h1-28H. The first-order valence-electron chi connectivity index (χ1n) is 17.7. The van der Waals surface area contributed by atoms with Crippen molar-refractivity contribution in [2.75, 3.05) is 0 Å². The van der Waals surface area contributed by atoms with Gasteiger partial charge in [0.15, 0.2) is 0 Å². The van der Waals surface area contributed by atoms with E-state index in [1.807, 2.05) is 22.7 Å². The molecule has 0 fully saturated rings. The van der Waals surface area contributed by atoms with Gasteiger partial charge in [-0.2, -0.15) is 0 Å². The molecule has 0 spiro atoms. The van der Waals surface area contributed by atoms with E-state index < -0.39 is 0 Å². The summed E-state index contributed by atoms with van der Waals surface area (Å²) in [4.78, 5) is 0. The van der Waals surface area contributed by atoms with E-state index in [4.69, 9.17) is 0 Å². The van der Waals surface area contributed by atoms with E-state index in [9.17, 15) is 0 Å². The predicted octanol–water partition coefficient (Wildman–Crippen LogP) is 14.3. The molecule has 4 heteroatoms. The molecule has 0 N–H and O–H groups in total. The van der Waals surface area contributed by atoms with Crippen molar-refractivity contribution in [3.63, 3.8) is 0 Å². The third-order valence-electron chi connectivity index (χ3n) is 10.9. The van der Waals surface area contributed by atoms with Crippen LogP contribution in [0, 0.1) is 0 Å². The molecule has 52 heavy (non-hydrogen) atoms. The van der Waals surface area contributed by atoms with E-state index in [1.54, 1.807) is 0 Å². The Morgan fingerprint density at radius 1 is 0.308 bits per heavy atom. The van der Waals surface area contributed by atoms with E-state index in [2.05, 4.69) is 179 Å². The summed E-state index contributed by atoms with van der Waals surface area (Å²) in [5, 5.41) is 10.5. The Morgan fingerprint density at radius 2 is 0.865 bits per heavy atom. The van der Waals surface area contributed by atoms with Crippen LogP contribution in [0.1, 0.15) is 0 Å². The number of thiophene rings is 2. The Labute approximate surface area is 306 Å². The fraction of sp³-hybridized carbons (Fsp3) is 0. The summed E-state index contributed by atoms with van der Waals surface area (Å²) in [7, 11) is 0. The fourth-order valence-electron chi connectivity index (χ4n) is 8.61. The fourth-order valence-corrected chi connectivity index (χ4v) is 11.0. The van der Waals surface area contributed by atoms with Crippen LogP contribution in [0.2, 0.25) is 0 Å². The van der Waals surface area contributed by atoms with Crippen molar-refractivity contribution >= 4 is 107 Å². The Balaban J connectivity index is 1.04. The molecule has 0 amide bonds. The molecule has 0 radical (unpaired) electrons. The second-order valence-electron chi connectivity index (χ2n) is 13.7. The molecule has 0 aliphatic carbocycles. The van der Waals surface area contributed by atoms with Gasteiger partial charge in [-0.3, -0.25) is 0 Å². The molecule has 0 bridgehead atoms. The average molecular weight is 697 g/mol. The zero-order chi connectivity index (χ0) is 33.9. The molecule has 8 aromatic carbocycles. The van der Waals surface area contributed by atoms with Crippen molar-refractivity contribution in [2.45, 2.75) is 0 Å². The SMILES string of the molecule is c1ccc(-n2c3ccccc3c3cc(-c4ccc5c(c4)c4ccccc4n5-c4ccc5sc6c(ccc7sc8ccccc8c76)c5c4)ccc32)cc1. The molecule has 4 heterocycles. The van der Waals surface area contributed by atoms with E-state index in [0.717, 1.165) is 0 Å². The third-order valence-corrected chi connectivity index (χ3v) is 13.3. The average Bonchev–Trinajstić information content (AvgIpc) is 3.95. The van der Waals surface area contributed by atoms with Gasteiger partial charge in [-0.1, -0.05) is 91.0 Å². The molecular weight excluding hydrogens is 669 g/mol. The molecule has 0 aliphatic rings. The van der Waals surface area contributed by atoms with Crippen LogP contribution in [0.4, 0.5) is 0 Å². The minimum atomic E-state index is 1.18. The van der Waals surface area contributed by atoms with Gasteiger partial charge >= 0.3 is 0 Å². The molecule has 4 aromatic heterocycles. The van der Waals surface area contributed by atoms with Crippen LogP contribution in [0.15, 0.2) is 170 Å². The predicted molar refractivity (Wildman–Crippen MR) is 226 cm³/mol. The summed E-state index contributed by atoms with van der Waals surface area (Å²) in [5.41, 5.74) is 9.70. The summed E-state index contributed by atoms with van der Waals surface area (Å²) in [6.45, 7) is 0. The summed E-state index contributed by atoms with van der Waals surface area (Å²) >= 11 is 3.81. The second-order valence-corrected chi connectivity index (χ2v) is 15.8. The van der Waals surface area contributed by atoms with Crippen molar-refractivity contribution < 1.29 is 0 Å². The number of aromatic nitrogens is 2. The molecule has 12 aromatic rings. The maximum absolute atomic E-state index is 2.45.